The van der Waals surface area contributed by atoms with Crippen LogP contribution in [0.5, 0.6) is 5.75 Å². The van der Waals surface area contributed by atoms with Crippen molar-refractivity contribution in [3.05, 3.63) is 53.7 Å². The minimum atomic E-state index is 0.562. The van der Waals surface area contributed by atoms with E-state index in [0.717, 1.165) is 30.1 Å². The van der Waals surface area contributed by atoms with Crippen molar-refractivity contribution in [1.29, 1.82) is 0 Å². The Hall–Kier alpha value is -2.07. The van der Waals surface area contributed by atoms with Crippen LogP contribution in [0.3, 0.4) is 0 Å². The van der Waals surface area contributed by atoms with Crippen molar-refractivity contribution in [3.63, 3.8) is 0 Å². The molecule has 2 rings (SSSR count). The predicted octanol–water partition coefficient (Wildman–Crippen LogP) is 2.97. The van der Waals surface area contributed by atoms with E-state index in [-0.39, 0.29) is 0 Å². The zero-order valence-electron chi connectivity index (χ0n) is 12.7. The Labute approximate surface area is 126 Å². The van der Waals surface area contributed by atoms with Gasteiger partial charge in [0.15, 0.2) is 11.6 Å². The van der Waals surface area contributed by atoms with E-state index in [1.165, 1.54) is 5.56 Å². The van der Waals surface area contributed by atoms with E-state index in [2.05, 4.69) is 28.9 Å². The van der Waals surface area contributed by atoms with Gasteiger partial charge in [-0.15, -0.1) is 0 Å². The Morgan fingerprint density at radius 2 is 2.00 bits per heavy atom. The number of aromatic nitrogens is 1. The monoisotopic (exact) mass is 285 g/mol. The fourth-order valence-corrected chi connectivity index (χ4v) is 2.20. The molecule has 0 bridgehead atoms. The van der Waals surface area contributed by atoms with Crippen molar-refractivity contribution in [2.24, 2.45) is 5.73 Å². The van der Waals surface area contributed by atoms with Crippen LogP contribution in [-0.4, -0.2) is 18.6 Å². The molecule has 112 valence electrons. The van der Waals surface area contributed by atoms with Crippen molar-refractivity contribution in [2.75, 3.05) is 18.6 Å². The third-order valence-corrected chi connectivity index (χ3v) is 3.22. The lowest BCUT2D eigenvalue weighted by Crippen LogP contribution is -2.19. The van der Waals surface area contributed by atoms with E-state index < -0.39 is 0 Å². The molecule has 1 heterocycles. The van der Waals surface area contributed by atoms with Crippen molar-refractivity contribution in [2.45, 2.75) is 26.4 Å². The molecule has 0 amide bonds. The molecule has 21 heavy (non-hydrogen) atoms. The SMILES string of the molecule is CCCOc1cccnc1N(C)Cc1cccc(CN)c1. The topological polar surface area (TPSA) is 51.4 Å². The summed E-state index contributed by atoms with van der Waals surface area (Å²) in [6.45, 7) is 4.13. The minimum Gasteiger partial charge on any atom is -0.490 e. The fourth-order valence-electron chi connectivity index (χ4n) is 2.20. The van der Waals surface area contributed by atoms with Gasteiger partial charge in [0, 0.05) is 26.3 Å². The number of hydrogen-bond acceptors (Lipinski definition) is 4. The molecule has 0 atom stereocenters. The van der Waals surface area contributed by atoms with Gasteiger partial charge in [0.1, 0.15) is 0 Å². The lowest BCUT2D eigenvalue weighted by atomic mass is 10.1. The summed E-state index contributed by atoms with van der Waals surface area (Å²) in [7, 11) is 2.02. The molecule has 4 heteroatoms. The minimum absolute atomic E-state index is 0.562. The van der Waals surface area contributed by atoms with Gasteiger partial charge in [0.2, 0.25) is 0 Å². The van der Waals surface area contributed by atoms with Gasteiger partial charge in [-0.25, -0.2) is 4.98 Å². The number of nitrogens with two attached hydrogens (primary N) is 1. The predicted molar refractivity (Wildman–Crippen MR) is 86.5 cm³/mol. The summed E-state index contributed by atoms with van der Waals surface area (Å²) in [5, 5.41) is 0. The zero-order chi connectivity index (χ0) is 15.1. The highest BCUT2D eigenvalue weighted by molar-refractivity contribution is 5.51. The average molecular weight is 285 g/mol. The summed E-state index contributed by atoms with van der Waals surface area (Å²) < 4.78 is 5.77. The van der Waals surface area contributed by atoms with Gasteiger partial charge in [0.25, 0.3) is 0 Å². The fraction of sp³-hybridized carbons (Fsp3) is 0.353. The summed E-state index contributed by atoms with van der Waals surface area (Å²) in [4.78, 5) is 6.54. The first-order valence-corrected chi connectivity index (χ1v) is 7.31. The molecule has 0 fully saturated rings. The van der Waals surface area contributed by atoms with Crippen LogP contribution in [0.1, 0.15) is 24.5 Å². The first-order chi connectivity index (χ1) is 10.2. The van der Waals surface area contributed by atoms with E-state index in [4.69, 9.17) is 10.5 Å². The standard InChI is InChI=1S/C17H23N3O/c1-3-10-21-16-8-5-9-19-17(16)20(2)13-15-7-4-6-14(11-15)12-18/h4-9,11H,3,10,12-13,18H2,1-2H3. The molecule has 2 N–H and O–H groups in total. The van der Waals surface area contributed by atoms with E-state index >= 15 is 0 Å². The van der Waals surface area contributed by atoms with Gasteiger partial charge in [-0.05, 0) is 29.7 Å². The van der Waals surface area contributed by atoms with Gasteiger partial charge >= 0.3 is 0 Å². The largest absolute Gasteiger partial charge is 0.490 e. The van der Waals surface area contributed by atoms with Crippen molar-refractivity contribution in [1.82, 2.24) is 4.98 Å². The maximum Gasteiger partial charge on any atom is 0.171 e. The molecule has 0 aliphatic heterocycles. The van der Waals surface area contributed by atoms with Gasteiger partial charge in [-0.2, -0.15) is 0 Å². The first kappa shape index (κ1) is 15.3. The van der Waals surface area contributed by atoms with Crippen LogP contribution in [0.2, 0.25) is 0 Å². The van der Waals surface area contributed by atoms with Crippen molar-refractivity contribution < 1.29 is 4.74 Å². The number of ether oxygens (including phenoxy) is 1. The van der Waals surface area contributed by atoms with E-state index in [1.54, 1.807) is 6.20 Å². The highest BCUT2D eigenvalue weighted by Gasteiger charge is 2.10. The molecule has 0 aliphatic rings. The molecule has 2 aromatic rings. The van der Waals surface area contributed by atoms with Crippen LogP contribution in [0.15, 0.2) is 42.6 Å². The Morgan fingerprint density at radius 1 is 1.19 bits per heavy atom. The van der Waals surface area contributed by atoms with E-state index in [0.29, 0.717) is 13.2 Å². The Kier molecular flexibility index (Phi) is 5.58. The number of rotatable bonds is 7. The Balaban J connectivity index is 2.13. The summed E-state index contributed by atoms with van der Waals surface area (Å²) >= 11 is 0. The molecular formula is C17H23N3O. The normalized spacial score (nSPS) is 10.4. The second kappa shape index (κ2) is 7.64. The molecule has 0 saturated heterocycles. The number of hydrogen-bond donors (Lipinski definition) is 1. The highest BCUT2D eigenvalue weighted by Crippen LogP contribution is 2.25. The molecular weight excluding hydrogens is 262 g/mol. The average Bonchev–Trinajstić information content (AvgIpc) is 2.53. The van der Waals surface area contributed by atoms with Crippen LogP contribution in [0.25, 0.3) is 0 Å². The van der Waals surface area contributed by atoms with E-state index in [1.807, 2.05) is 31.3 Å². The number of benzene rings is 1. The third kappa shape index (κ3) is 4.20. The maximum atomic E-state index is 5.77. The highest BCUT2D eigenvalue weighted by atomic mass is 16.5. The lowest BCUT2D eigenvalue weighted by Gasteiger charge is -2.21. The Morgan fingerprint density at radius 3 is 2.76 bits per heavy atom. The molecule has 4 nitrogen and oxygen atoms in total. The van der Waals surface area contributed by atoms with Gasteiger partial charge in [-0.3, -0.25) is 0 Å². The molecule has 0 aliphatic carbocycles. The molecule has 0 spiro atoms. The molecule has 1 aromatic heterocycles. The summed E-state index contributed by atoms with van der Waals surface area (Å²) in [5.41, 5.74) is 8.05. The maximum absolute atomic E-state index is 5.77. The van der Waals surface area contributed by atoms with Crippen LogP contribution < -0.4 is 15.4 Å². The van der Waals surface area contributed by atoms with Gasteiger partial charge < -0.3 is 15.4 Å². The third-order valence-electron chi connectivity index (χ3n) is 3.22. The smallest absolute Gasteiger partial charge is 0.171 e. The lowest BCUT2D eigenvalue weighted by molar-refractivity contribution is 0.316. The van der Waals surface area contributed by atoms with Gasteiger partial charge in [-0.1, -0.05) is 31.2 Å². The van der Waals surface area contributed by atoms with Crippen LogP contribution in [-0.2, 0) is 13.1 Å². The molecule has 0 unspecified atom stereocenters. The van der Waals surface area contributed by atoms with Crippen LogP contribution >= 0.6 is 0 Å². The quantitative estimate of drug-likeness (QED) is 0.849. The molecule has 1 aromatic carbocycles. The second-order valence-electron chi connectivity index (χ2n) is 5.05. The zero-order valence-corrected chi connectivity index (χ0v) is 12.7. The Bertz CT molecular complexity index is 571. The van der Waals surface area contributed by atoms with Gasteiger partial charge in [0.05, 0.1) is 6.61 Å². The molecule has 0 saturated carbocycles. The summed E-state index contributed by atoms with van der Waals surface area (Å²) in [6, 6.07) is 12.2. The summed E-state index contributed by atoms with van der Waals surface area (Å²) in [5.74, 6) is 1.70. The van der Waals surface area contributed by atoms with Crippen LogP contribution in [0.4, 0.5) is 5.82 Å². The number of nitrogens with zero attached hydrogens (tertiary/aromatic N) is 2. The molecule has 0 radical (unpaired) electrons. The van der Waals surface area contributed by atoms with Crippen molar-refractivity contribution >= 4 is 5.82 Å². The second-order valence-corrected chi connectivity index (χ2v) is 5.05. The number of anilines is 1. The van der Waals surface area contributed by atoms with Crippen molar-refractivity contribution in [3.8, 4) is 5.75 Å². The van der Waals surface area contributed by atoms with Crippen LogP contribution in [0, 0.1) is 0 Å². The first-order valence-electron chi connectivity index (χ1n) is 7.31. The van der Waals surface area contributed by atoms with E-state index in [9.17, 15) is 0 Å². The summed E-state index contributed by atoms with van der Waals surface area (Å²) in [6.07, 6.45) is 2.78. The number of pyridine rings is 1.